The lowest BCUT2D eigenvalue weighted by Crippen LogP contribution is -2.33. The SMILES string of the molecule is N[C@@H](CCSC[C@H](N)C(=O)O)C(=O)O.O=C(O)NO. The third-order valence-corrected chi connectivity index (χ3v) is 2.72. The van der Waals surface area contributed by atoms with E-state index in [1.807, 2.05) is 0 Å². The maximum Gasteiger partial charge on any atom is 0.428 e. The zero-order chi connectivity index (χ0) is 15.4. The van der Waals surface area contributed by atoms with Crippen LogP contribution in [0.4, 0.5) is 4.79 Å². The van der Waals surface area contributed by atoms with E-state index in [-0.39, 0.29) is 5.75 Å². The summed E-state index contributed by atoms with van der Waals surface area (Å²) in [6.45, 7) is 0. The fourth-order valence-corrected chi connectivity index (χ4v) is 1.60. The molecule has 0 radical (unpaired) electrons. The van der Waals surface area contributed by atoms with Gasteiger partial charge in [0.1, 0.15) is 12.1 Å². The topological polar surface area (TPSA) is 196 Å². The van der Waals surface area contributed by atoms with Crippen LogP contribution in [0.1, 0.15) is 6.42 Å². The van der Waals surface area contributed by atoms with Gasteiger partial charge in [0, 0.05) is 5.75 Å². The molecule has 11 heteroatoms. The molecule has 0 saturated carbocycles. The standard InChI is InChI=1S/C7H14N2O4S.CH3NO3/c8-4(6(10)11)1-2-14-3-5(9)7(12)13;3-1(4)2-5/h4-5H,1-3,8-9H2,(H,10,11)(H,12,13);2,5H,(H,3,4)/t4-,5-;/m0./s1. The van der Waals surface area contributed by atoms with Crippen LogP contribution >= 0.6 is 11.8 Å². The first-order valence-electron chi connectivity index (χ1n) is 4.89. The summed E-state index contributed by atoms with van der Waals surface area (Å²) in [5.41, 5.74) is 11.4. The monoisotopic (exact) mass is 299 g/mol. The molecule has 0 saturated heterocycles. The Morgan fingerprint density at radius 1 is 1.05 bits per heavy atom. The number of hydrogen-bond donors (Lipinski definition) is 7. The second-order valence-electron chi connectivity index (χ2n) is 3.17. The quantitative estimate of drug-likeness (QED) is 0.166. The molecule has 0 aromatic rings. The van der Waals surface area contributed by atoms with Crippen molar-refractivity contribution in [2.75, 3.05) is 11.5 Å². The van der Waals surface area contributed by atoms with Gasteiger partial charge in [0.25, 0.3) is 0 Å². The van der Waals surface area contributed by atoms with Gasteiger partial charge in [-0.1, -0.05) is 0 Å². The first kappa shape index (κ1) is 19.8. The van der Waals surface area contributed by atoms with Crippen molar-refractivity contribution < 1.29 is 34.9 Å². The zero-order valence-electron chi connectivity index (χ0n) is 9.85. The number of carbonyl (C=O) groups is 3. The molecule has 2 atom stereocenters. The molecule has 0 unspecified atom stereocenters. The minimum absolute atomic E-state index is 0.266. The third kappa shape index (κ3) is 14.4. The van der Waals surface area contributed by atoms with Crippen molar-refractivity contribution in [2.24, 2.45) is 11.5 Å². The van der Waals surface area contributed by atoms with Gasteiger partial charge in [-0.3, -0.25) is 14.8 Å². The van der Waals surface area contributed by atoms with Crippen LogP contribution in [0.25, 0.3) is 0 Å². The molecule has 0 fully saturated rings. The highest BCUT2D eigenvalue weighted by Crippen LogP contribution is 2.05. The number of nitrogens with one attached hydrogen (secondary N) is 1. The second-order valence-corrected chi connectivity index (χ2v) is 4.32. The van der Waals surface area contributed by atoms with Crippen LogP contribution in [0, 0.1) is 0 Å². The van der Waals surface area contributed by atoms with Gasteiger partial charge in [0.15, 0.2) is 0 Å². The fraction of sp³-hybridized carbons (Fsp3) is 0.625. The summed E-state index contributed by atoms with van der Waals surface area (Å²) in [5.74, 6) is -1.34. The van der Waals surface area contributed by atoms with E-state index >= 15 is 0 Å². The minimum atomic E-state index is -1.44. The number of rotatable bonds is 7. The fourth-order valence-electron chi connectivity index (χ4n) is 0.615. The van der Waals surface area contributed by atoms with E-state index in [1.165, 1.54) is 11.8 Å². The van der Waals surface area contributed by atoms with Crippen molar-refractivity contribution in [1.82, 2.24) is 5.48 Å². The third-order valence-electron chi connectivity index (χ3n) is 1.60. The molecule has 0 aromatic heterocycles. The number of hydrogen-bond acceptors (Lipinski definition) is 7. The summed E-state index contributed by atoms with van der Waals surface area (Å²) >= 11 is 1.29. The Labute approximate surface area is 112 Å². The Bertz CT molecular complexity index is 280. The van der Waals surface area contributed by atoms with Gasteiger partial charge in [0.2, 0.25) is 0 Å². The molecule has 112 valence electrons. The van der Waals surface area contributed by atoms with E-state index in [4.69, 9.17) is 36.8 Å². The number of amides is 1. The molecular formula is C8H17N3O7S. The predicted octanol–water partition coefficient (Wildman–Crippen LogP) is -1.42. The Morgan fingerprint density at radius 3 is 1.79 bits per heavy atom. The number of hydroxylamine groups is 1. The highest BCUT2D eigenvalue weighted by Gasteiger charge is 2.13. The number of aliphatic carboxylic acids is 2. The lowest BCUT2D eigenvalue weighted by atomic mass is 10.2. The van der Waals surface area contributed by atoms with Crippen molar-refractivity contribution in [3.05, 3.63) is 0 Å². The Balaban J connectivity index is 0. The van der Waals surface area contributed by atoms with Gasteiger partial charge in [-0.05, 0) is 12.2 Å². The molecule has 0 aliphatic rings. The Morgan fingerprint density at radius 2 is 1.47 bits per heavy atom. The summed E-state index contributed by atoms with van der Waals surface area (Å²) < 4.78 is 0. The van der Waals surface area contributed by atoms with Crippen molar-refractivity contribution in [3.63, 3.8) is 0 Å². The van der Waals surface area contributed by atoms with Gasteiger partial charge in [-0.25, -0.2) is 10.3 Å². The molecule has 0 spiro atoms. The van der Waals surface area contributed by atoms with Gasteiger partial charge in [-0.15, -0.1) is 0 Å². The highest BCUT2D eigenvalue weighted by molar-refractivity contribution is 7.99. The largest absolute Gasteiger partial charge is 0.480 e. The zero-order valence-corrected chi connectivity index (χ0v) is 10.7. The van der Waals surface area contributed by atoms with E-state index in [0.717, 1.165) is 5.48 Å². The molecule has 0 bridgehead atoms. The predicted molar refractivity (Wildman–Crippen MR) is 66.1 cm³/mol. The minimum Gasteiger partial charge on any atom is -0.480 e. The van der Waals surface area contributed by atoms with Crippen molar-refractivity contribution >= 4 is 29.8 Å². The summed E-state index contributed by atoms with van der Waals surface area (Å²) in [6, 6.07) is -1.79. The maximum absolute atomic E-state index is 10.3. The second kappa shape index (κ2) is 11.5. The average molecular weight is 299 g/mol. The van der Waals surface area contributed by atoms with Gasteiger partial charge < -0.3 is 26.8 Å². The van der Waals surface area contributed by atoms with Crippen LogP contribution in [0.15, 0.2) is 0 Å². The molecule has 1 amide bonds. The summed E-state index contributed by atoms with van der Waals surface area (Å²) in [7, 11) is 0. The van der Waals surface area contributed by atoms with Crippen LogP contribution in [0.3, 0.4) is 0 Å². The van der Waals surface area contributed by atoms with Gasteiger partial charge >= 0.3 is 18.0 Å². The molecular weight excluding hydrogens is 282 g/mol. The highest BCUT2D eigenvalue weighted by atomic mass is 32.2. The summed E-state index contributed by atoms with van der Waals surface area (Å²) in [4.78, 5) is 29.6. The summed E-state index contributed by atoms with van der Waals surface area (Å²) in [6.07, 6.45) is -1.13. The number of thioether (sulfide) groups is 1. The van der Waals surface area contributed by atoms with E-state index in [9.17, 15) is 9.59 Å². The van der Waals surface area contributed by atoms with Gasteiger partial charge in [0.05, 0.1) is 0 Å². The van der Waals surface area contributed by atoms with Crippen LogP contribution in [-0.2, 0) is 9.59 Å². The molecule has 19 heavy (non-hydrogen) atoms. The smallest absolute Gasteiger partial charge is 0.428 e. The molecule has 10 nitrogen and oxygen atoms in total. The first-order valence-corrected chi connectivity index (χ1v) is 6.05. The van der Waals surface area contributed by atoms with Crippen LogP contribution in [0.5, 0.6) is 0 Å². The van der Waals surface area contributed by atoms with Crippen molar-refractivity contribution in [2.45, 2.75) is 18.5 Å². The number of carboxylic acid groups (broad SMARTS) is 3. The maximum atomic E-state index is 10.3. The van der Waals surface area contributed by atoms with Crippen LogP contribution in [0.2, 0.25) is 0 Å². The molecule has 0 aliphatic heterocycles. The van der Waals surface area contributed by atoms with Crippen molar-refractivity contribution in [3.8, 4) is 0 Å². The molecule has 0 rings (SSSR count). The molecule has 0 aromatic carbocycles. The normalized spacial score (nSPS) is 12.6. The number of carboxylic acids is 2. The lowest BCUT2D eigenvalue weighted by molar-refractivity contribution is -0.139. The Hall–Kier alpha value is -1.56. The van der Waals surface area contributed by atoms with Gasteiger partial charge in [-0.2, -0.15) is 11.8 Å². The molecule has 9 N–H and O–H groups in total. The average Bonchev–Trinajstić information content (AvgIpc) is 2.34. The van der Waals surface area contributed by atoms with E-state index in [1.54, 1.807) is 0 Å². The van der Waals surface area contributed by atoms with E-state index < -0.39 is 30.1 Å². The molecule has 0 aliphatic carbocycles. The van der Waals surface area contributed by atoms with Crippen LogP contribution < -0.4 is 16.9 Å². The van der Waals surface area contributed by atoms with E-state index in [2.05, 4.69) is 0 Å². The number of nitrogens with two attached hydrogens (primary N) is 2. The summed E-state index contributed by atoms with van der Waals surface area (Å²) in [5, 5.41) is 31.5. The van der Waals surface area contributed by atoms with Crippen LogP contribution in [-0.4, -0.2) is 62.1 Å². The molecule has 0 heterocycles. The van der Waals surface area contributed by atoms with E-state index in [0.29, 0.717) is 12.2 Å². The van der Waals surface area contributed by atoms with Crippen molar-refractivity contribution in [1.29, 1.82) is 0 Å². The Kier molecular flexibility index (Phi) is 12.0. The lowest BCUT2D eigenvalue weighted by Gasteiger charge is -2.07. The first-order chi connectivity index (χ1) is 8.72.